The third-order valence-electron chi connectivity index (χ3n) is 5.07. The van der Waals surface area contributed by atoms with Gasteiger partial charge in [-0.05, 0) is 40.9 Å². The van der Waals surface area contributed by atoms with Gasteiger partial charge in [-0.25, -0.2) is 0 Å². The third kappa shape index (κ3) is 3.40. The second-order valence-electron chi connectivity index (χ2n) is 7.53. The van der Waals surface area contributed by atoms with Crippen molar-refractivity contribution in [2.24, 2.45) is 0 Å². The van der Waals surface area contributed by atoms with Crippen LogP contribution in [0, 0.1) is 0 Å². The number of rotatable bonds is 4. The predicted molar refractivity (Wildman–Crippen MR) is 96.3 cm³/mol. The van der Waals surface area contributed by atoms with Crippen molar-refractivity contribution in [3.8, 4) is 11.3 Å². The maximum absolute atomic E-state index is 4.70. The summed E-state index contributed by atoms with van der Waals surface area (Å²) < 4.78 is 0. The van der Waals surface area contributed by atoms with Crippen LogP contribution in [0.4, 0.5) is 0 Å². The Morgan fingerprint density at radius 1 is 0.773 bits per heavy atom. The molecule has 0 aliphatic carbocycles. The molecule has 0 radical (unpaired) electrons. The average Bonchev–Trinajstić information content (AvgIpc) is 2.53. The molecule has 0 aliphatic rings. The smallest absolute Gasteiger partial charge is 0.0702 e. The van der Waals surface area contributed by atoms with E-state index in [1.807, 2.05) is 0 Å². The molecule has 2 rings (SSSR count). The number of hydrogen-bond donors (Lipinski definition) is 0. The van der Waals surface area contributed by atoms with E-state index >= 15 is 0 Å². The molecule has 0 saturated carbocycles. The zero-order valence-electron chi connectivity index (χ0n) is 14.9. The lowest BCUT2D eigenvalue weighted by atomic mass is 9.78. The molecule has 0 fully saturated rings. The van der Waals surface area contributed by atoms with Crippen molar-refractivity contribution in [3.63, 3.8) is 0 Å². The van der Waals surface area contributed by atoms with Gasteiger partial charge >= 0.3 is 0 Å². The van der Waals surface area contributed by atoms with Gasteiger partial charge in [-0.2, -0.15) is 0 Å². The lowest BCUT2D eigenvalue weighted by molar-refractivity contribution is 0.437. The maximum Gasteiger partial charge on any atom is 0.0702 e. The molecule has 118 valence electrons. The molecule has 0 unspecified atom stereocenters. The van der Waals surface area contributed by atoms with E-state index in [1.165, 1.54) is 16.7 Å². The van der Waals surface area contributed by atoms with Crippen LogP contribution in [0.15, 0.2) is 42.6 Å². The van der Waals surface area contributed by atoms with Gasteiger partial charge < -0.3 is 0 Å². The lowest BCUT2D eigenvalue weighted by Gasteiger charge is -2.27. The quantitative estimate of drug-likeness (QED) is 0.661. The summed E-state index contributed by atoms with van der Waals surface area (Å²) >= 11 is 0. The second-order valence-corrected chi connectivity index (χ2v) is 7.53. The Kier molecular flexibility index (Phi) is 4.75. The molecule has 0 bridgehead atoms. The molecule has 1 nitrogen and oxygen atoms in total. The summed E-state index contributed by atoms with van der Waals surface area (Å²) in [7, 11) is 0. The number of hydrogen-bond acceptors (Lipinski definition) is 1. The molecule has 1 heteroatoms. The Labute approximate surface area is 135 Å². The van der Waals surface area contributed by atoms with Crippen molar-refractivity contribution in [2.45, 2.75) is 65.2 Å². The Morgan fingerprint density at radius 3 is 1.73 bits per heavy atom. The van der Waals surface area contributed by atoms with E-state index in [-0.39, 0.29) is 10.8 Å². The first-order valence-corrected chi connectivity index (χ1v) is 8.37. The van der Waals surface area contributed by atoms with Gasteiger partial charge in [-0.3, -0.25) is 4.98 Å². The first kappa shape index (κ1) is 16.7. The highest BCUT2D eigenvalue weighted by Gasteiger charge is 2.22. The summed E-state index contributed by atoms with van der Waals surface area (Å²) in [5.41, 5.74) is 5.37. The van der Waals surface area contributed by atoms with Crippen molar-refractivity contribution in [2.75, 3.05) is 0 Å². The zero-order chi connectivity index (χ0) is 16.4. The van der Waals surface area contributed by atoms with Crippen LogP contribution < -0.4 is 0 Å². The van der Waals surface area contributed by atoms with Crippen LogP contribution in [-0.2, 0) is 10.8 Å². The van der Waals surface area contributed by atoms with E-state index in [4.69, 9.17) is 4.98 Å². The van der Waals surface area contributed by atoms with Crippen LogP contribution in [-0.4, -0.2) is 4.98 Å². The maximum atomic E-state index is 4.70. The molecule has 0 aliphatic heterocycles. The fraction of sp³-hybridized carbons (Fsp3) is 0.476. The zero-order valence-corrected chi connectivity index (χ0v) is 14.9. The Hall–Kier alpha value is -1.63. The number of aromatic nitrogens is 1. The monoisotopic (exact) mass is 295 g/mol. The first-order valence-electron chi connectivity index (χ1n) is 8.37. The largest absolute Gasteiger partial charge is 0.256 e. The molecule has 22 heavy (non-hydrogen) atoms. The standard InChI is InChI=1S/C21H29N/c1-7-21(6,8-2)18-13-14-19(22-15-18)16-9-11-17(12-10-16)20(3,4)5/h9-15H,7-8H2,1-6H3. The summed E-state index contributed by atoms with van der Waals surface area (Å²) in [5.74, 6) is 0. The van der Waals surface area contributed by atoms with Crippen molar-refractivity contribution < 1.29 is 0 Å². The molecule has 1 aromatic carbocycles. The molecule has 0 spiro atoms. The van der Waals surface area contributed by atoms with Crippen LogP contribution in [0.3, 0.4) is 0 Å². The molecule has 0 atom stereocenters. The summed E-state index contributed by atoms with van der Waals surface area (Å²) in [4.78, 5) is 4.70. The second kappa shape index (κ2) is 6.24. The highest BCUT2D eigenvalue weighted by molar-refractivity contribution is 5.60. The van der Waals surface area contributed by atoms with Crippen molar-refractivity contribution in [1.82, 2.24) is 4.98 Å². The molecular weight excluding hydrogens is 266 g/mol. The average molecular weight is 295 g/mol. The Bertz CT molecular complexity index is 596. The highest BCUT2D eigenvalue weighted by Crippen LogP contribution is 2.31. The van der Waals surface area contributed by atoms with E-state index in [0.717, 1.165) is 18.5 Å². The van der Waals surface area contributed by atoms with E-state index in [0.29, 0.717) is 0 Å². The van der Waals surface area contributed by atoms with Gasteiger partial charge in [0.2, 0.25) is 0 Å². The Balaban J connectivity index is 2.28. The van der Waals surface area contributed by atoms with Gasteiger partial charge in [-0.1, -0.05) is 71.9 Å². The molecule has 0 saturated heterocycles. The Morgan fingerprint density at radius 2 is 1.32 bits per heavy atom. The number of nitrogens with zero attached hydrogens (tertiary/aromatic N) is 1. The molecule has 0 N–H and O–H groups in total. The fourth-order valence-electron chi connectivity index (χ4n) is 2.72. The fourth-order valence-corrected chi connectivity index (χ4v) is 2.72. The predicted octanol–water partition coefficient (Wildman–Crippen LogP) is 6.12. The highest BCUT2D eigenvalue weighted by atomic mass is 14.7. The van der Waals surface area contributed by atoms with Crippen LogP contribution in [0.2, 0.25) is 0 Å². The summed E-state index contributed by atoms with van der Waals surface area (Å²) in [6.07, 6.45) is 4.34. The van der Waals surface area contributed by atoms with Gasteiger partial charge in [0, 0.05) is 11.8 Å². The van der Waals surface area contributed by atoms with Gasteiger partial charge in [-0.15, -0.1) is 0 Å². The van der Waals surface area contributed by atoms with Gasteiger partial charge in [0.15, 0.2) is 0 Å². The van der Waals surface area contributed by atoms with Gasteiger partial charge in [0.1, 0.15) is 0 Å². The summed E-state index contributed by atoms with van der Waals surface area (Å²) in [6, 6.07) is 13.2. The molecule has 1 aromatic heterocycles. The van der Waals surface area contributed by atoms with Crippen LogP contribution in [0.25, 0.3) is 11.3 Å². The van der Waals surface area contributed by atoms with Crippen molar-refractivity contribution in [3.05, 3.63) is 53.7 Å². The van der Waals surface area contributed by atoms with Crippen LogP contribution in [0.1, 0.15) is 65.5 Å². The SMILES string of the molecule is CCC(C)(CC)c1ccc(-c2ccc(C(C)(C)C)cc2)nc1. The van der Waals surface area contributed by atoms with Crippen molar-refractivity contribution >= 4 is 0 Å². The van der Waals surface area contributed by atoms with E-state index in [2.05, 4.69) is 84.1 Å². The number of pyridine rings is 1. The van der Waals surface area contributed by atoms with Gasteiger partial charge in [0.25, 0.3) is 0 Å². The first-order chi connectivity index (χ1) is 10.3. The molecule has 0 amide bonds. The lowest BCUT2D eigenvalue weighted by Crippen LogP contribution is -2.19. The molecule has 2 aromatic rings. The van der Waals surface area contributed by atoms with Gasteiger partial charge in [0.05, 0.1) is 5.69 Å². The third-order valence-corrected chi connectivity index (χ3v) is 5.07. The summed E-state index contributed by atoms with van der Waals surface area (Å²) in [6.45, 7) is 13.6. The summed E-state index contributed by atoms with van der Waals surface area (Å²) in [5, 5.41) is 0. The molecular formula is C21H29N. The number of benzene rings is 1. The van der Waals surface area contributed by atoms with Crippen molar-refractivity contribution in [1.29, 1.82) is 0 Å². The van der Waals surface area contributed by atoms with Crippen LogP contribution >= 0.6 is 0 Å². The van der Waals surface area contributed by atoms with E-state index in [9.17, 15) is 0 Å². The minimum absolute atomic E-state index is 0.194. The van der Waals surface area contributed by atoms with E-state index < -0.39 is 0 Å². The topological polar surface area (TPSA) is 12.9 Å². The normalized spacial score (nSPS) is 12.5. The minimum atomic E-state index is 0.194. The van der Waals surface area contributed by atoms with Crippen LogP contribution in [0.5, 0.6) is 0 Å². The minimum Gasteiger partial charge on any atom is -0.256 e. The van der Waals surface area contributed by atoms with E-state index in [1.54, 1.807) is 0 Å². The molecule has 1 heterocycles.